The molecule has 0 aliphatic carbocycles. The summed E-state index contributed by atoms with van der Waals surface area (Å²) in [6.45, 7) is 21.9. The van der Waals surface area contributed by atoms with Gasteiger partial charge in [0.25, 0.3) is 0 Å². The van der Waals surface area contributed by atoms with Crippen LogP contribution in [0.25, 0.3) is 11.1 Å². The summed E-state index contributed by atoms with van der Waals surface area (Å²) in [7, 11) is 0. The van der Waals surface area contributed by atoms with E-state index >= 15 is 0 Å². The highest BCUT2D eigenvalue weighted by Crippen LogP contribution is 2.36. The Bertz CT molecular complexity index is 713. The fourth-order valence-corrected chi connectivity index (χ4v) is 3.41. The molecule has 0 unspecified atom stereocenters. The first-order valence-corrected chi connectivity index (χ1v) is 8.91. The fourth-order valence-electron chi connectivity index (χ4n) is 2.35. The summed E-state index contributed by atoms with van der Waals surface area (Å²) in [5.74, 6) is 0. The van der Waals surface area contributed by atoms with E-state index in [4.69, 9.17) is 0 Å². The van der Waals surface area contributed by atoms with Gasteiger partial charge < -0.3 is 0 Å². The number of benzene rings is 1. The molecule has 0 bridgehead atoms. The van der Waals surface area contributed by atoms with Gasteiger partial charge in [0.1, 0.15) is 0 Å². The fraction of sp³-hybridized carbons (Fsp3) is 0.364. The minimum absolute atomic E-state index is 0.0912. The molecule has 0 saturated heterocycles. The molecule has 0 nitrogen and oxygen atoms in total. The van der Waals surface area contributed by atoms with Gasteiger partial charge in [-0.3, -0.25) is 0 Å². The van der Waals surface area contributed by atoms with Crippen LogP contribution in [0.15, 0.2) is 49.6 Å². The molecule has 1 heterocycles. The average Bonchev–Trinajstić information content (AvgIpc) is 2.95. The maximum atomic E-state index is 4.30. The molecule has 1 aromatic heterocycles. The summed E-state index contributed by atoms with van der Waals surface area (Å²) < 4.78 is 0. The van der Waals surface area contributed by atoms with Gasteiger partial charge in [-0.15, -0.1) is 11.3 Å². The second kappa shape index (κ2) is 6.13. The zero-order valence-corrected chi connectivity index (χ0v) is 16.1. The second-order valence-electron chi connectivity index (χ2n) is 8.20. The van der Waals surface area contributed by atoms with Crippen LogP contribution in [-0.4, -0.2) is 0 Å². The van der Waals surface area contributed by atoms with Gasteiger partial charge >= 0.3 is 0 Å². The van der Waals surface area contributed by atoms with Crippen LogP contribution in [0.4, 0.5) is 0 Å². The monoisotopic (exact) mass is 324 g/mol. The zero-order chi connectivity index (χ0) is 17.4. The molecule has 0 N–H and O–H groups in total. The Labute approximate surface area is 145 Å². The molecule has 0 atom stereocenters. The highest BCUT2D eigenvalue weighted by Gasteiger charge is 2.18. The highest BCUT2D eigenvalue weighted by molar-refractivity contribution is 7.13. The highest BCUT2D eigenvalue weighted by atomic mass is 32.1. The van der Waals surface area contributed by atoms with Crippen molar-refractivity contribution in [2.24, 2.45) is 5.41 Å². The summed E-state index contributed by atoms with van der Waals surface area (Å²) in [6.07, 6.45) is 0. The van der Waals surface area contributed by atoms with E-state index in [0.717, 1.165) is 5.57 Å². The summed E-state index contributed by atoms with van der Waals surface area (Å²) in [5.41, 5.74) is 4.93. The number of hydrogen-bond donors (Lipinski definition) is 0. The Kier molecular flexibility index (Phi) is 4.73. The van der Waals surface area contributed by atoms with Gasteiger partial charge in [0.05, 0.1) is 0 Å². The van der Waals surface area contributed by atoms with E-state index in [1.165, 1.54) is 26.5 Å². The van der Waals surface area contributed by atoms with Crippen molar-refractivity contribution < 1.29 is 0 Å². The molecule has 2 aromatic rings. The molecular formula is C22H28S. The number of allylic oxidation sites excluding steroid dienone is 1. The van der Waals surface area contributed by atoms with Gasteiger partial charge in [-0.25, -0.2) is 0 Å². The molecule has 0 radical (unpaired) electrons. The summed E-state index contributed by atoms with van der Waals surface area (Å²) in [6, 6.07) is 13.0. The Morgan fingerprint density at radius 3 is 1.74 bits per heavy atom. The van der Waals surface area contributed by atoms with E-state index in [2.05, 4.69) is 91.1 Å². The topological polar surface area (TPSA) is 0 Å². The van der Waals surface area contributed by atoms with Crippen LogP contribution < -0.4 is 0 Å². The molecule has 0 aliphatic rings. The SMILES string of the molecule is C=C(c1ccc(C(=C)C(C)(C)C)cc1)c1ccc(C(C)(C)C)s1. The van der Waals surface area contributed by atoms with E-state index in [0.29, 0.717) is 0 Å². The van der Waals surface area contributed by atoms with Crippen LogP contribution >= 0.6 is 11.3 Å². The van der Waals surface area contributed by atoms with Gasteiger partial charge in [0, 0.05) is 9.75 Å². The Balaban J connectivity index is 2.24. The molecule has 122 valence electrons. The minimum atomic E-state index is 0.0912. The number of hydrogen-bond acceptors (Lipinski definition) is 1. The van der Waals surface area contributed by atoms with E-state index in [1.54, 1.807) is 0 Å². The Morgan fingerprint density at radius 2 is 1.30 bits per heavy atom. The van der Waals surface area contributed by atoms with E-state index < -0.39 is 0 Å². The molecule has 0 fully saturated rings. The van der Waals surface area contributed by atoms with Crippen molar-refractivity contribution in [1.29, 1.82) is 0 Å². The Hall–Kier alpha value is -1.60. The lowest BCUT2D eigenvalue weighted by atomic mass is 9.83. The second-order valence-corrected chi connectivity index (χ2v) is 9.28. The molecule has 0 saturated carbocycles. The maximum Gasteiger partial charge on any atom is 0.0345 e. The van der Waals surface area contributed by atoms with Gasteiger partial charge in [-0.05, 0) is 45.2 Å². The van der Waals surface area contributed by atoms with Gasteiger partial charge in [-0.2, -0.15) is 0 Å². The molecule has 23 heavy (non-hydrogen) atoms. The lowest BCUT2D eigenvalue weighted by Crippen LogP contribution is -2.07. The first kappa shape index (κ1) is 17.7. The zero-order valence-electron chi connectivity index (χ0n) is 15.3. The third-order valence-corrected chi connectivity index (χ3v) is 5.70. The van der Waals surface area contributed by atoms with E-state index in [9.17, 15) is 0 Å². The summed E-state index contributed by atoms with van der Waals surface area (Å²) in [5, 5.41) is 0. The number of rotatable bonds is 3. The molecule has 2 rings (SSSR count). The van der Waals surface area contributed by atoms with Crippen LogP contribution in [0.5, 0.6) is 0 Å². The lowest BCUT2D eigenvalue weighted by Gasteiger charge is -2.22. The van der Waals surface area contributed by atoms with Crippen molar-refractivity contribution in [1.82, 2.24) is 0 Å². The summed E-state index contributed by atoms with van der Waals surface area (Å²) >= 11 is 1.84. The summed E-state index contributed by atoms with van der Waals surface area (Å²) in [4.78, 5) is 2.64. The first-order valence-electron chi connectivity index (χ1n) is 8.10. The Morgan fingerprint density at radius 1 is 0.783 bits per heavy atom. The minimum Gasteiger partial charge on any atom is -0.140 e. The van der Waals surface area contributed by atoms with Gasteiger partial charge in [0.2, 0.25) is 0 Å². The van der Waals surface area contributed by atoms with Crippen LogP contribution in [0.3, 0.4) is 0 Å². The largest absolute Gasteiger partial charge is 0.140 e. The smallest absolute Gasteiger partial charge is 0.0345 e. The molecule has 1 heteroatoms. The van der Waals surface area contributed by atoms with Crippen LogP contribution in [0, 0.1) is 5.41 Å². The maximum absolute atomic E-state index is 4.30. The van der Waals surface area contributed by atoms with Crippen molar-refractivity contribution in [3.8, 4) is 0 Å². The molecule has 1 aromatic carbocycles. The quantitative estimate of drug-likeness (QED) is 0.561. The van der Waals surface area contributed by atoms with Crippen molar-refractivity contribution in [3.63, 3.8) is 0 Å². The molecule has 0 amide bonds. The molecule has 0 spiro atoms. The predicted molar refractivity (Wildman–Crippen MR) is 106 cm³/mol. The predicted octanol–water partition coefficient (Wildman–Crippen LogP) is 7.17. The van der Waals surface area contributed by atoms with E-state index in [-0.39, 0.29) is 10.8 Å². The van der Waals surface area contributed by atoms with Gasteiger partial charge in [-0.1, -0.05) is 79.0 Å². The van der Waals surface area contributed by atoms with Crippen molar-refractivity contribution >= 4 is 22.5 Å². The van der Waals surface area contributed by atoms with E-state index in [1.807, 2.05) is 11.3 Å². The van der Waals surface area contributed by atoms with Crippen molar-refractivity contribution in [3.05, 3.63) is 70.4 Å². The first-order chi connectivity index (χ1) is 10.5. The van der Waals surface area contributed by atoms with Crippen molar-refractivity contribution in [2.75, 3.05) is 0 Å². The number of thiophene rings is 1. The third-order valence-electron chi connectivity index (χ3n) is 4.13. The van der Waals surface area contributed by atoms with Crippen LogP contribution in [-0.2, 0) is 5.41 Å². The van der Waals surface area contributed by atoms with Crippen LogP contribution in [0.2, 0.25) is 0 Å². The average molecular weight is 325 g/mol. The lowest BCUT2D eigenvalue weighted by molar-refractivity contribution is 0.568. The normalized spacial score (nSPS) is 12.3. The van der Waals surface area contributed by atoms with Gasteiger partial charge in [0.15, 0.2) is 0 Å². The molecular weight excluding hydrogens is 296 g/mol. The standard InChI is InChI=1S/C22H28S/c1-15(19-13-14-20(23-19)22(6,7)8)17-9-11-18(12-10-17)16(2)21(3,4)5/h9-14H,1-2H2,3-8H3. The third kappa shape index (κ3) is 4.03. The van der Waals surface area contributed by atoms with Crippen molar-refractivity contribution in [2.45, 2.75) is 47.0 Å². The molecule has 0 aliphatic heterocycles. The van der Waals surface area contributed by atoms with Crippen LogP contribution in [0.1, 0.15) is 62.4 Å².